The molecule has 3 aromatic rings. The van der Waals surface area contributed by atoms with E-state index in [4.69, 9.17) is 23.2 Å². The molecule has 0 aliphatic carbocycles. The number of sulfonamides is 1. The standard InChI is InChI=1S/C23H21Cl2FN2O4S/c1-15(23(30)27-13-12-16-2-7-19(29)8-3-16)28(22-14-18(25)6-11-21(22)26)33(31,32)20-9-4-17(24)5-10-20/h2-11,14-15,29H,12-13H2,1H3,(H,27,30). The number of benzene rings is 3. The van der Waals surface area contributed by atoms with E-state index in [1.54, 1.807) is 12.1 Å². The van der Waals surface area contributed by atoms with E-state index in [1.165, 1.54) is 49.4 Å². The van der Waals surface area contributed by atoms with Crippen LogP contribution in [-0.2, 0) is 21.2 Å². The molecule has 6 nitrogen and oxygen atoms in total. The summed E-state index contributed by atoms with van der Waals surface area (Å²) in [6.07, 6.45) is 0.453. The Labute approximate surface area is 201 Å². The summed E-state index contributed by atoms with van der Waals surface area (Å²) < 4.78 is 42.3. The van der Waals surface area contributed by atoms with Gasteiger partial charge in [-0.15, -0.1) is 0 Å². The second-order valence-corrected chi connectivity index (χ2v) is 9.92. The Morgan fingerprint density at radius 1 is 1.03 bits per heavy atom. The maximum absolute atomic E-state index is 14.7. The molecule has 3 aromatic carbocycles. The number of hydrogen-bond donors (Lipinski definition) is 2. The summed E-state index contributed by atoms with van der Waals surface area (Å²) in [6.45, 7) is 1.57. The third-order valence-corrected chi connectivity index (χ3v) is 7.28. The van der Waals surface area contributed by atoms with Crippen molar-refractivity contribution >= 4 is 44.8 Å². The Balaban J connectivity index is 1.89. The van der Waals surface area contributed by atoms with Crippen LogP contribution in [0.15, 0.2) is 71.6 Å². The smallest absolute Gasteiger partial charge is 0.265 e. The van der Waals surface area contributed by atoms with Gasteiger partial charge in [0.2, 0.25) is 5.91 Å². The van der Waals surface area contributed by atoms with Crippen molar-refractivity contribution < 1.29 is 22.7 Å². The van der Waals surface area contributed by atoms with Gasteiger partial charge >= 0.3 is 0 Å². The molecule has 0 spiro atoms. The van der Waals surface area contributed by atoms with Crippen LogP contribution >= 0.6 is 23.2 Å². The predicted octanol–water partition coefficient (Wildman–Crippen LogP) is 4.78. The molecule has 0 aliphatic rings. The molecule has 0 heterocycles. The molecule has 0 fully saturated rings. The largest absolute Gasteiger partial charge is 0.508 e. The van der Waals surface area contributed by atoms with E-state index in [-0.39, 0.29) is 27.9 Å². The lowest BCUT2D eigenvalue weighted by atomic mass is 10.1. The van der Waals surface area contributed by atoms with Gasteiger partial charge in [0.25, 0.3) is 10.0 Å². The van der Waals surface area contributed by atoms with Gasteiger partial charge in [0.15, 0.2) is 0 Å². The zero-order chi connectivity index (χ0) is 24.2. The van der Waals surface area contributed by atoms with Crippen LogP contribution in [0.1, 0.15) is 12.5 Å². The average Bonchev–Trinajstić information content (AvgIpc) is 2.77. The van der Waals surface area contributed by atoms with Gasteiger partial charge in [-0.05, 0) is 73.5 Å². The molecule has 0 aliphatic heterocycles. The third kappa shape index (κ3) is 5.96. The Morgan fingerprint density at radius 2 is 1.64 bits per heavy atom. The van der Waals surface area contributed by atoms with Crippen molar-refractivity contribution in [2.24, 2.45) is 0 Å². The SMILES string of the molecule is CC(C(=O)NCCc1ccc(O)cc1)N(c1cc(Cl)ccc1F)S(=O)(=O)c1ccc(Cl)cc1. The van der Waals surface area contributed by atoms with Crippen molar-refractivity contribution in [1.82, 2.24) is 5.32 Å². The van der Waals surface area contributed by atoms with Gasteiger partial charge in [-0.1, -0.05) is 35.3 Å². The van der Waals surface area contributed by atoms with E-state index in [1.807, 2.05) is 0 Å². The van der Waals surface area contributed by atoms with Crippen LogP contribution in [-0.4, -0.2) is 32.0 Å². The van der Waals surface area contributed by atoms with Crippen molar-refractivity contribution in [3.05, 3.63) is 88.2 Å². The Bertz CT molecular complexity index is 1240. The molecule has 174 valence electrons. The topological polar surface area (TPSA) is 86.7 Å². The monoisotopic (exact) mass is 510 g/mol. The van der Waals surface area contributed by atoms with Crippen LogP contribution in [0.25, 0.3) is 0 Å². The van der Waals surface area contributed by atoms with Crippen LogP contribution in [0.5, 0.6) is 5.75 Å². The number of aromatic hydroxyl groups is 1. The number of halogens is 3. The fraction of sp³-hybridized carbons (Fsp3) is 0.174. The van der Waals surface area contributed by atoms with E-state index in [0.29, 0.717) is 15.7 Å². The Hall–Kier alpha value is -2.81. The lowest BCUT2D eigenvalue weighted by Crippen LogP contribution is -2.48. The van der Waals surface area contributed by atoms with Gasteiger partial charge in [0, 0.05) is 16.6 Å². The Morgan fingerprint density at radius 3 is 2.27 bits per heavy atom. The summed E-state index contributed by atoms with van der Waals surface area (Å²) in [7, 11) is -4.35. The molecule has 3 rings (SSSR count). The van der Waals surface area contributed by atoms with E-state index in [2.05, 4.69) is 5.32 Å². The van der Waals surface area contributed by atoms with E-state index in [0.717, 1.165) is 17.7 Å². The molecule has 0 bridgehead atoms. The van der Waals surface area contributed by atoms with E-state index in [9.17, 15) is 22.7 Å². The summed E-state index contributed by atoms with van der Waals surface area (Å²) in [5.74, 6) is -1.34. The molecule has 1 unspecified atom stereocenters. The van der Waals surface area contributed by atoms with Crippen molar-refractivity contribution in [2.75, 3.05) is 10.8 Å². The molecule has 10 heteroatoms. The Kier molecular flexibility index (Phi) is 7.84. The number of rotatable bonds is 8. The average molecular weight is 511 g/mol. The molecular formula is C23H21Cl2FN2O4S. The number of nitrogens with one attached hydrogen (secondary N) is 1. The van der Waals surface area contributed by atoms with E-state index >= 15 is 0 Å². The normalized spacial score (nSPS) is 12.2. The molecule has 0 radical (unpaired) electrons. The van der Waals surface area contributed by atoms with Gasteiger partial charge in [-0.3, -0.25) is 9.10 Å². The molecule has 1 atom stereocenters. The van der Waals surface area contributed by atoms with Crippen LogP contribution in [0, 0.1) is 5.82 Å². The number of phenolic OH excluding ortho intramolecular Hbond substituents is 1. The maximum Gasteiger partial charge on any atom is 0.265 e. The molecular weight excluding hydrogens is 490 g/mol. The minimum absolute atomic E-state index is 0.114. The van der Waals surface area contributed by atoms with Gasteiger partial charge < -0.3 is 10.4 Å². The first-order valence-electron chi connectivity index (χ1n) is 9.90. The number of amides is 1. The molecule has 0 saturated carbocycles. The molecule has 1 amide bonds. The first-order valence-corrected chi connectivity index (χ1v) is 12.1. The highest BCUT2D eigenvalue weighted by molar-refractivity contribution is 7.93. The number of nitrogens with zero attached hydrogens (tertiary/aromatic N) is 1. The van der Waals surface area contributed by atoms with Gasteiger partial charge in [0.1, 0.15) is 17.6 Å². The summed E-state index contributed by atoms with van der Waals surface area (Å²) in [5, 5.41) is 12.5. The first kappa shape index (κ1) is 24.8. The van der Waals surface area contributed by atoms with Crippen molar-refractivity contribution in [1.29, 1.82) is 0 Å². The first-order chi connectivity index (χ1) is 15.6. The van der Waals surface area contributed by atoms with Crippen LogP contribution in [0.3, 0.4) is 0 Å². The van der Waals surface area contributed by atoms with Gasteiger partial charge in [0.05, 0.1) is 10.6 Å². The second kappa shape index (κ2) is 10.4. The minimum atomic E-state index is -4.35. The highest BCUT2D eigenvalue weighted by Crippen LogP contribution is 2.31. The second-order valence-electron chi connectivity index (χ2n) is 7.23. The fourth-order valence-electron chi connectivity index (χ4n) is 3.17. The molecule has 33 heavy (non-hydrogen) atoms. The van der Waals surface area contributed by atoms with Crippen LogP contribution in [0.4, 0.5) is 10.1 Å². The van der Waals surface area contributed by atoms with Gasteiger partial charge in [-0.25, -0.2) is 12.8 Å². The van der Waals surface area contributed by atoms with Crippen LogP contribution < -0.4 is 9.62 Å². The maximum atomic E-state index is 14.7. The molecule has 0 saturated heterocycles. The highest BCUT2D eigenvalue weighted by Gasteiger charge is 2.35. The lowest BCUT2D eigenvalue weighted by Gasteiger charge is -2.30. The van der Waals surface area contributed by atoms with Crippen molar-refractivity contribution in [3.8, 4) is 5.75 Å². The van der Waals surface area contributed by atoms with E-state index < -0.39 is 27.8 Å². The number of phenols is 1. The quantitative estimate of drug-likeness (QED) is 0.456. The number of carbonyl (C=O) groups excluding carboxylic acids is 1. The summed E-state index contributed by atoms with van der Waals surface area (Å²) in [6, 6.07) is 14.0. The fourth-order valence-corrected chi connectivity index (χ4v) is 5.08. The number of hydrogen-bond acceptors (Lipinski definition) is 4. The number of anilines is 1. The van der Waals surface area contributed by atoms with Crippen molar-refractivity contribution in [3.63, 3.8) is 0 Å². The van der Waals surface area contributed by atoms with Crippen molar-refractivity contribution in [2.45, 2.75) is 24.3 Å². The molecule has 2 N–H and O–H groups in total. The minimum Gasteiger partial charge on any atom is -0.508 e. The lowest BCUT2D eigenvalue weighted by molar-refractivity contribution is -0.121. The zero-order valence-electron chi connectivity index (χ0n) is 17.5. The number of carbonyl (C=O) groups is 1. The highest BCUT2D eigenvalue weighted by atomic mass is 35.5. The van der Waals surface area contributed by atoms with Crippen LogP contribution in [0.2, 0.25) is 10.0 Å². The molecule has 0 aromatic heterocycles. The zero-order valence-corrected chi connectivity index (χ0v) is 19.8. The van der Waals surface area contributed by atoms with Gasteiger partial charge in [-0.2, -0.15) is 0 Å². The third-order valence-electron chi connectivity index (χ3n) is 4.90. The summed E-state index contributed by atoms with van der Waals surface area (Å²) in [5.41, 5.74) is 0.519. The summed E-state index contributed by atoms with van der Waals surface area (Å²) in [4.78, 5) is 12.7. The predicted molar refractivity (Wildman–Crippen MR) is 127 cm³/mol. The summed E-state index contributed by atoms with van der Waals surface area (Å²) >= 11 is 11.9.